The number of ether oxygens (including phenoxy) is 1. The van der Waals surface area contributed by atoms with Gasteiger partial charge >= 0.3 is 5.97 Å². The molecule has 3 heterocycles. The van der Waals surface area contributed by atoms with Crippen molar-refractivity contribution in [3.8, 4) is 0 Å². The molecule has 0 saturated carbocycles. The fourth-order valence-corrected chi connectivity index (χ4v) is 7.91. The van der Waals surface area contributed by atoms with Crippen molar-refractivity contribution in [2.75, 3.05) is 18.6 Å². The first-order valence-electron chi connectivity index (χ1n) is 12.2. The van der Waals surface area contributed by atoms with Gasteiger partial charge in [-0.2, -0.15) is 4.31 Å². The minimum Gasteiger partial charge on any atom is -0.468 e. The van der Waals surface area contributed by atoms with E-state index in [2.05, 4.69) is 20.9 Å². The van der Waals surface area contributed by atoms with Gasteiger partial charge in [0.2, 0.25) is 5.95 Å². The number of piperidine rings is 1. The Hall–Kier alpha value is -2.44. The van der Waals surface area contributed by atoms with Gasteiger partial charge in [-0.3, -0.25) is 14.2 Å². The monoisotopic (exact) mass is 654 g/mol. The van der Waals surface area contributed by atoms with E-state index in [1.54, 1.807) is 25.1 Å². The van der Waals surface area contributed by atoms with Gasteiger partial charge in [0.05, 0.1) is 19.0 Å². The Morgan fingerprint density at radius 2 is 1.82 bits per heavy atom. The molecule has 206 valence electrons. The van der Waals surface area contributed by atoms with Crippen LogP contribution in [0.3, 0.4) is 0 Å². The van der Waals surface area contributed by atoms with Crippen molar-refractivity contribution < 1.29 is 22.7 Å². The van der Waals surface area contributed by atoms with Crippen LogP contribution in [-0.4, -0.2) is 53.8 Å². The van der Waals surface area contributed by atoms with Crippen molar-refractivity contribution >= 4 is 72.7 Å². The molecule has 0 radical (unpaired) electrons. The van der Waals surface area contributed by atoms with Crippen LogP contribution in [0.2, 0.25) is 10.0 Å². The molecular weight excluding hydrogens is 631 g/mol. The first-order chi connectivity index (χ1) is 18.5. The summed E-state index contributed by atoms with van der Waals surface area (Å²) in [7, 11) is -3.03. The predicted octanol–water partition coefficient (Wildman–Crippen LogP) is 5.30. The Morgan fingerprint density at radius 1 is 1.15 bits per heavy atom. The molecule has 2 unspecified atom stereocenters. The number of aromatic nitrogens is 2. The Morgan fingerprint density at radius 3 is 2.46 bits per heavy atom. The van der Waals surface area contributed by atoms with Gasteiger partial charge in [0.25, 0.3) is 15.9 Å². The van der Waals surface area contributed by atoms with Crippen LogP contribution in [-0.2, 0) is 36.3 Å². The van der Waals surface area contributed by atoms with E-state index >= 15 is 0 Å². The number of anilines is 2. The number of methoxy groups -OCH3 is 1. The summed E-state index contributed by atoms with van der Waals surface area (Å²) in [6.45, 7) is 1.83. The van der Waals surface area contributed by atoms with Crippen LogP contribution in [0.1, 0.15) is 31.7 Å². The maximum absolute atomic E-state index is 14.2. The Balaban J connectivity index is 1.69. The lowest BCUT2D eigenvalue weighted by atomic mass is 9.92. The zero-order valence-electron chi connectivity index (χ0n) is 21.1. The molecule has 1 fully saturated rings. The second-order valence-corrected chi connectivity index (χ2v) is 13.4. The fraction of sp³-hybridized carbons (Fsp3) is 0.346. The molecule has 2 aliphatic heterocycles. The normalized spacial score (nSPS) is 21.7. The third-order valence-electron chi connectivity index (χ3n) is 7.14. The molecule has 13 heteroatoms. The highest BCUT2D eigenvalue weighted by molar-refractivity contribution is 9.10. The number of imidazole rings is 1. The number of sulfonamides is 1. The number of carbonyl (C=O) groups excluding carboxylic acids is 2. The maximum Gasteiger partial charge on any atom is 0.324 e. The van der Waals surface area contributed by atoms with Crippen molar-refractivity contribution in [2.24, 2.45) is 0 Å². The van der Waals surface area contributed by atoms with Crippen molar-refractivity contribution in [3.63, 3.8) is 0 Å². The number of carbonyl (C=O) groups is 2. The van der Waals surface area contributed by atoms with Gasteiger partial charge in [-0.05, 0) is 62.1 Å². The van der Waals surface area contributed by atoms with Crippen LogP contribution < -0.4 is 4.90 Å². The highest BCUT2D eigenvalue weighted by atomic mass is 79.9. The molecule has 9 nitrogen and oxygen atoms in total. The summed E-state index contributed by atoms with van der Waals surface area (Å²) in [4.78, 5) is 32.5. The van der Waals surface area contributed by atoms with E-state index in [1.807, 2.05) is 24.3 Å². The van der Waals surface area contributed by atoms with Crippen molar-refractivity contribution in [1.29, 1.82) is 0 Å². The van der Waals surface area contributed by atoms with E-state index < -0.39 is 33.5 Å². The highest BCUT2D eigenvalue weighted by Crippen LogP contribution is 2.45. The SMILES string of the molecule is COC(=O)C1CCCCN1S(=O)(=O)c1cnc2n1C(C)(Cc1ccc(Br)cc1)C(=O)N2c1cc(Cl)cc(Cl)c1. The van der Waals surface area contributed by atoms with E-state index in [-0.39, 0.29) is 23.9 Å². The van der Waals surface area contributed by atoms with Crippen molar-refractivity contribution in [3.05, 3.63) is 68.7 Å². The number of esters is 1. The fourth-order valence-electron chi connectivity index (χ4n) is 5.30. The molecule has 0 N–H and O–H groups in total. The van der Waals surface area contributed by atoms with Gasteiger partial charge in [0.15, 0.2) is 5.03 Å². The van der Waals surface area contributed by atoms with Gasteiger partial charge < -0.3 is 4.74 Å². The summed E-state index contributed by atoms with van der Waals surface area (Å²) in [5.41, 5.74) is -0.209. The quantitative estimate of drug-likeness (QED) is 0.334. The first kappa shape index (κ1) is 28.1. The van der Waals surface area contributed by atoms with Crippen LogP contribution in [0, 0.1) is 0 Å². The molecule has 2 atom stereocenters. The Bertz CT molecular complexity index is 1540. The zero-order valence-corrected chi connectivity index (χ0v) is 25.0. The lowest BCUT2D eigenvalue weighted by Crippen LogP contribution is -2.49. The van der Waals surface area contributed by atoms with Gasteiger partial charge in [-0.25, -0.2) is 18.3 Å². The number of amides is 1. The molecule has 3 aromatic rings. The molecule has 1 aromatic heterocycles. The minimum atomic E-state index is -4.27. The summed E-state index contributed by atoms with van der Waals surface area (Å²) < 4.78 is 36.7. The van der Waals surface area contributed by atoms with Crippen LogP contribution >= 0.6 is 39.1 Å². The standard InChI is InChI=1S/C26H25BrCl2N4O5S/c1-26(14-16-6-8-17(27)9-7-16)24(35)32(20-12-18(28)11-19(29)13-20)25-30-15-22(33(25)26)39(36,37)31-10-4-3-5-21(31)23(34)38-2/h6-9,11-13,15,21H,3-5,10,14H2,1-2H3. The largest absolute Gasteiger partial charge is 0.468 e. The number of hydrogen-bond donors (Lipinski definition) is 0. The molecule has 2 aromatic carbocycles. The number of fused-ring (bicyclic) bond motifs is 1. The summed E-state index contributed by atoms with van der Waals surface area (Å²) in [5, 5.41) is 0.441. The smallest absolute Gasteiger partial charge is 0.324 e. The number of nitrogens with zero attached hydrogens (tertiary/aromatic N) is 4. The lowest BCUT2D eigenvalue weighted by molar-refractivity contribution is -0.146. The first-order valence-corrected chi connectivity index (χ1v) is 15.2. The molecule has 0 spiro atoms. The van der Waals surface area contributed by atoms with Gasteiger partial charge in [0, 0.05) is 27.5 Å². The van der Waals surface area contributed by atoms with Crippen molar-refractivity contribution in [1.82, 2.24) is 13.9 Å². The highest BCUT2D eigenvalue weighted by Gasteiger charge is 2.53. The molecule has 1 amide bonds. The van der Waals surface area contributed by atoms with Gasteiger partial charge in [0.1, 0.15) is 11.6 Å². The number of hydrogen-bond acceptors (Lipinski definition) is 6. The molecule has 39 heavy (non-hydrogen) atoms. The molecule has 1 saturated heterocycles. The predicted molar refractivity (Wildman–Crippen MR) is 151 cm³/mol. The molecule has 0 aliphatic carbocycles. The second kappa shape index (κ2) is 10.5. The third-order valence-corrected chi connectivity index (χ3v) is 9.97. The molecular formula is C26H25BrCl2N4O5S. The topological polar surface area (TPSA) is 102 Å². The number of rotatable bonds is 6. The van der Waals surface area contributed by atoms with Crippen LogP contribution in [0.25, 0.3) is 0 Å². The maximum atomic E-state index is 14.2. The Labute approximate surface area is 244 Å². The molecule has 0 bridgehead atoms. The summed E-state index contributed by atoms with van der Waals surface area (Å²) >= 11 is 15.9. The van der Waals surface area contributed by atoms with Crippen LogP contribution in [0.4, 0.5) is 11.6 Å². The van der Waals surface area contributed by atoms with E-state index in [0.717, 1.165) is 14.3 Å². The Kier molecular flexibility index (Phi) is 7.58. The summed E-state index contributed by atoms with van der Waals surface area (Å²) in [6, 6.07) is 11.2. The van der Waals surface area contributed by atoms with E-state index in [1.165, 1.54) is 22.8 Å². The second-order valence-electron chi connectivity index (χ2n) is 9.73. The number of halogens is 3. The van der Waals surface area contributed by atoms with Crippen LogP contribution in [0.15, 0.2) is 58.2 Å². The zero-order chi connectivity index (χ0) is 28.1. The third kappa shape index (κ3) is 4.88. The summed E-state index contributed by atoms with van der Waals surface area (Å²) in [5.74, 6) is -0.905. The van der Waals surface area contributed by atoms with E-state index in [4.69, 9.17) is 27.9 Å². The molecule has 5 rings (SSSR count). The lowest BCUT2D eigenvalue weighted by Gasteiger charge is -2.34. The van der Waals surface area contributed by atoms with Gasteiger partial charge in [-0.15, -0.1) is 0 Å². The van der Waals surface area contributed by atoms with E-state index in [9.17, 15) is 18.0 Å². The average Bonchev–Trinajstić information content (AvgIpc) is 3.43. The van der Waals surface area contributed by atoms with Crippen LogP contribution in [0.5, 0.6) is 0 Å². The summed E-state index contributed by atoms with van der Waals surface area (Å²) in [6.07, 6.45) is 3.04. The molecule has 2 aliphatic rings. The minimum absolute atomic E-state index is 0.114. The van der Waals surface area contributed by atoms with Crippen molar-refractivity contribution in [2.45, 2.75) is 49.2 Å². The van der Waals surface area contributed by atoms with E-state index in [0.29, 0.717) is 35.0 Å². The number of benzene rings is 2. The average molecular weight is 656 g/mol. The van der Waals surface area contributed by atoms with Gasteiger partial charge in [-0.1, -0.05) is 51.3 Å².